The zero-order chi connectivity index (χ0) is 15.6. The first kappa shape index (κ1) is 16.6. The molecule has 0 saturated heterocycles. The Morgan fingerprint density at radius 3 is 2.41 bits per heavy atom. The first-order chi connectivity index (χ1) is 10.8. The number of benzene rings is 1. The van der Waals surface area contributed by atoms with Crippen LogP contribution in [0.25, 0.3) is 11.0 Å². The Morgan fingerprint density at radius 2 is 1.64 bits per heavy atom. The molecule has 0 bridgehead atoms. The zero-order valence-electron chi connectivity index (χ0n) is 13.5. The van der Waals surface area contributed by atoms with E-state index in [9.17, 15) is 4.79 Å². The smallest absolute Gasteiger partial charge is 0.288 e. The number of hydrogen-bond donors (Lipinski definition) is 0. The molecule has 1 heterocycles. The van der Waals surface area contributed by atoms with Crippen molar-refractivity contribution in [2.24, 2.45) is 0 Å². The van der Waals surface area contributed by atoms with Crippen LogP contribution in [0, 0.1) is 0 Å². The Labute approximate surface area is 132 Å². The van der Waals surface area contributed by atoms with E-state index in [0.717, 1.165) is 6.42 Å². The van der Waals surface area contributed by atoms with Crippen molar-refractivity contribution in [1.29, 1.82) is 0 Å². The number of rotatable bonds is 10. The van der Waals surface area contributed by atoms with Crippen molar-refractivity contribution in [3.05, 3.63) is 40.6 Å². The summed E-state index contributed by atoms with van der Waals surface area (Å²) in [6, 6.07) is 8.68. The molecule has 0 aliphatic rings. The third-order valence-corrected chi connectivity index (χ3v) is 3.85. The van der Waals surface area contributed by atoms with Crippen LogP contribution in [0.1, 0.15) is 58.3 Å². The van der Waals surface area contributed by atoms with Crippen LogP contribution in [-0.4, -0.2) is 6.61 Å². The maximum atomic E-state index is 11.9. The zero-order valence-corrected chi connectivity index (χ0v) is 13.5. The van der Waals surface area contributed by atoms with Crippen molar-refractivity contribution >= 4 is 11.0 Å². The Balaban J connectivity index is 1.68. The average Bonchev–Trinajstić information content (AvgIpc) is 2.53. The third kappa shape index (κ3) is 5.21. The SMILES string of the molecule is CCCCCCCCCCOc1cc(=O)c2ccccc2o1. The van der Waals surface area contributed by atoms with E-state index in [2.05, 4.69) is 6.92 Å². The van der Waals surface area contributed by atoms with Gasteiger partial charge in [-0.1, -0.05) is 64.0 Å². The fourth-order valence-corrected chi connectivity index (χ4v) is 2.56. The van der Waals surface area contributed by atoms with Crippen molar-refractivity contribution in [3.63, 3.8) is 0 Å². The van der Waals surface area contributed by atoms with E-state index >= 15 is 0 Å². The van der Waals surface area contributed by atoms with E-state index in [-0.39, 0.29) is 5.43 Å². The molecule has 2 aromatic rings. The van der Waals surface area contributed by atoms with Crippen molar-refractivity contribution in [2.75, 3.05) is 6.61 Å². The van der Waals surface area contributed by atoms with Gasteiger partial charge >= 0.3 is 0 Å². The molecule has 22 heavy (non-hydrogen) atoms. The Kier molecular flexibility index (Phi) is 7.01. The van der Waals surface area contributed by atoms with Gasteiger partial charge in [-0.15, -0.1) is 0 Å². The van der Waals surface area contributed by atoms with Crippen LogP contribution in [0.5, 0.6) is 5.95 Å². The predicted octanol–water partition coefficient (Wildman–Crippen LogP) is 5.31. The maximum absolute atomic E-state index is 11.9. The highest BCUT2D eigenvalue weighted by atomic mass is 16.6. The van der Waals surface area contributed by atoms with Crippen LogP contribution in [0.3, 0.4) is 0 Å². The molecule has 0 saturated carbocycles. The molecule has 0 radical (unpaired) electrons. The summed E-state index contributed by atoms with van der Waals surface area (Å²) in [5.74, 6) is 0.326. The molecule has 1 aromatic carbocycles. The van der Waals surface area contributed by atoms with E-state index in [1.54, 1.807) is 12.1 Å². The van der Waals surface area contributed by atoms with Crippen molar-refractivity contribution in [3.8, 4) is 5.95 Å². The Morgan fingerprint density at radius 1 is 0.955 bits per heavy atom. The number of ether oxygens (including phenoxy) is 1. The Bertz CT molecular complexity index is 615. The molecule has 0 unspecified atom stereocenters. The monoisotopic (exact) mass is 302 g/mol. The van der Waals surface area contributed by atoms with Crippen LogP contribution < -0.4 is 10.2 Å². The quantitative estimate of drug-likeness (QED) is 0.558. The van der Waals surface area contributed by atoms with Gasteiger partial charge in [-0.2, -0.15) is 0 Å². The molecule has 0 atom stereocenters. The highest BCUT2D eigenvalue weighted by Gasteiger charge is 2.04. The van der Waals surface area contributed by atoms with Crippen LogP contribution in [0.2, 0.25) is 0 Å². The van der Waals surface area contributed by atoms with Gasteiger partial charge in [0.15, 0.2) is 5.43 Å². The summed E-state index contributed by atoms with van der Waals surface area (Å²) in [5, 5.41) is 0.599. The molecular weight excluding hydrogens is 276 g/mol. The number of para-hydroxylation sites is 1. The normalized spacial score (nSPS) is 11.0. The van der Waals surface area contributed by atoms with Gasteiger partial charge in [0, 0.05) is 0 Å². The van der Waals surface area contributed by atoms with E-state index < -0.39 is 0 Å². The second-order valence-electron chi connectivity index (χ2n) is 5.75. The molecule has 0 amide bonds. The molecule has 0 fully saturated rings. The minimum absolute atomic E-state index is 0.0484. The molecule has 3 heteroatoms. The van der Waals surface area contributed by atoms with Crippen LogP contribution in [-0.2, 0) is 0 Å². The number of hydrogen-bond acceptors (Lipinski definition) is 3. The van der Waals surface area contributed by atoms with Gasteiger partial charge < -0.3 is 9.15 Å². The lowest BCUT2D eigenvalue weighted by Gasteiger charge is -2.06. The molecule has 2 rings (SSSR count). The molecule has 0 N–H and O–H groups in total. The summed E-state index contributed by atoms with van der Waals surface area (Å²) in [4.78, 5) is 11.9. The summed E-state index contributed by atoms with van der Waals surface area (Å²) in [5.41, 5.74) is 0.536. The fourth-order valence-electron chi connectivity index (χ4n) is 2.56. The maximum Gasteiger partial charge on any atom is 0.288 e. The van der Waals surface area contributed by atoms with Gasteiger partial charge in [-0.05, 0) is 18.6 Å². The topological polar surface area (TPSA) is 39.4 Å². The van der Waals surface area contributed by atoms with Gasteiger partial charge in [-0.25, -0.2) is 0 Å². The van der Waals surface area contributed by atoms with Gasteiger partial charge in [0.1, 0.15) is 5.58 Å². The Hall–Kier alpha value is -1.77. The second kappa shape index (κ2) is 9.29. The highest BCUT2D eigenvalue weighted by Crippen LogP contribution is 2.17. The van der Waals surface area contributed by atoms with Crippen molar-refractivity contribution in [1.82, 2.24) is 0 Å². The largest absolute Gasteiger partial charge is 0.465 e. The fraction of sp³-hybridized carbons (Fsp3) is 0.526. The summed E-state index contributed by atoms with van der Waals surface area (Å²) in [6.07, 6.45) is 10.1. The highest BCUT2D eigenvalue weighted by molar-refractivity contribution is 5.76. The lowest BCUT2D eigenvalue weighted by molar-refractivity contribution is 0.238. The first-order valence-electron chi connectivity index (χ1n) is 8.47. The van der Waals surface area contributed by atoms with Gasteiger partial charge in [0.05, 0.1) is 18.1 Å². The minimum Gasteiger partial charge on any atom is -0.465 e. The lowest BCUT2D eigenvalue weighted by atomic mass is 10.1. The summed E-state index contributed by atoms with van der Waals surface area (Å²) < 4.78 is 11.2. The van der Waals surface area contributed by atoms with E-state index in [4.69, 9.17) is 9.15 Å². The summed E-state index contributed by atoms with van der Waals surface area (Å²) >= 11 is 0. The van der Waals surface area contributed by atoms with Crippen molar-refractivity contribution in [2.45, 2.75) is 58.3 Å². The van der Waals surface area contributed by atoms with Crippen molar-refractivity contribution < 1.29 is 9.15 Å². The van der Waals surface area contributed by atoms with Gasteiger partial charge in [-0.3, -0.25) is 4.79 Å². The molecule has 0 aliphatic heterocycles. The van der Waals surface area contributed by atoms with E-state index in [0.29, 0.717) is 23.5 Å². The first-order valence-corrected chi connectivity index (χ1v) is 8.47. The number of unbranched alkanes of at least 4 members (excludes halogenated alkanes) is 7. The van der Waals surface area contributed by atoms with E-state index in [1.165, 1.54) is 51.0 Å². The van der Waals surface area contributed by atoms with Crippen LogP contribution >= 0.6 is 0 Å². The summed E-state index contributed by atoms with van der Waals surface area (Å²) in [6.45, 7) is 2.85. The standard InChI is InChI=1S/C19H26O3/c1-2-3-4-5-6-7-8-11-14-21-19-15-17(20)16-12-9-10-13-18(16)22-19/h9-10,12-13,15H,2-8,11,14H2,1H3. The molecule has 3 nitrogen and oxygen atoms in total. The lowest BCUT2D eigenvalue weighted by Crippen LogP contribution is -2.03. The molecule has 120 valence electrons. The molecule has 0 spiro atoms. The molecular formula is C19H26O3. The van der Waals surface area contributed by atoms with Gasteiger partial charge in [0.25, 0.3) is 5.95 Å². The molecule has 0 aliphatic carbocycles. The van der Waals surface area contributed by atoms with E-state index in [1.807, 2.05) is 12.1 Å². The van der Waals surface area contributed by atoms with Crippen LogP contribution in [0.4, 0.5) is 0 Å². The third-order valence-electron chi connectivity index (χ3n) is 3.85. The predicted molar refractivity (Wildman–Crippen MR) is 90.6 cm³/mol. The number of fused-ring (bicyclic) bond motifs is 1. The minimum atomic E-state index is -0.0484. The summed E-state index contributed by atoms with van der Waals surface area (Å²) in [7, 11) is 0. The molecule has 1 aromatic heterocycles. The second-order valence-corrected chi connectivity index (χ2v) is 5.75. The average molecular weight is 302 g/mol. The van der Waals surface area contributed by atoms with Gasteiger partial charge in [0.2, 0.25) is 0 Å². The van der Waals surface area contributed by atoms with Crippen LogP contribution in [0.15, 0.2) is 39.5 Å².